The molecule has 182 valence electrons. The lowest BCUT2D eigenvalue weighted by molar-refractivity contribution is 0.663. The van der Waals surface area contributed by atoms with E-state index < -0.39 is 0 Å². The Morgan fingerprint density at radius 2 is 0.974 bits per heavy atom. The molecular formula is C36H21NO2. The van der Waals surface area contributed by atoms with Gasteiger partial charge in [0.2, 0.25) is 0 Å². The van der Waals surface area contributed by atoms with Gasteiger partial charge in [0.25, 0.3) is 0 Å². The first kappa shape index (κ1) is 20.7. The number of para-hydroxylation sites is 3. The maximum absolute atomic E-state index is 6.54. The van der Waals surface area contributed by atoms with Crippen molar-refractivity contribution in [2.24, 2.45) is 0 Å². The Balaban J connectivity index is 1.50. The van der Waals surface area contributed by atoms with Crippen LogP contribution in [0.4, 0.5) is 0 Å². The lowest BCUT2D eigenvalue weighted by Gasteiger charge is -2.14. The molecule has 0 aliphatic heterocycles. The van der Waals surface area contributed by atoms with Crippen LogP contribution in [0.5, 0.6) is 0 Å². The van der Waals surface area contributed by atoms with Gasteiger partial charge in [-0.05, 0) is 48.0 Å². The normalized spacial score (nSPS) is 12.1. The van der Waals surface area contributed by atoms with Crippen molar-refractivity contribution in [3.63, 3.8) is 0 Å². The van der Waals surface area contributed by atoms with Crippen molar-refractivity contribution in [2.75, 3.05) is 0 Å². The molecule has 0 aliphatic rings. The third-order valence-electron chi connectivity index (χ3n) is 8.00. The van der Waals surface area contributed by atoms with Gasteiger partial charge in [-0.25, -0.2) is 0 Å². The number of aromatic nitrogens is 1. The standard InChI is InChI=1S/C36H21NO2/c1-2-10-22(11-3-1)26-21-34-27(36-33(39-34)19-18-32-35(36)25-14-6-9-17-31(25)38-32)20-30(26)37-28-15-7-4-12-23(28)24-13-5-8-16-29(24)37/h1-21H. The van der Waals surface area contributed by atoms with Gasteiger partial charge in [-0.1, -0.05) is 84.9 Å². The van der Waals surface area contributed by atoms with Crippen LogP contribution >= 0.6 is 0 Å². The number of hydrogen-bond acceptors (Lipinski definition) is 2. The van der Waals surface area contributed by atoms with Gasteiger partial charge in [-0.3, -0.25) is 0 Å². The van der Waals surface area contributed by atoms with Gasteiger partial charge in [0.05, 0.1) is 16.7 Å². The second-order valence-corrected chi connectivity index (χ2v) is 10.1. The predicted octanol–water partition coefficient (Wildman–Crippen LogP) is 10.2. The number of rotatable bonds is 2. The monoisotopic (exact) mass is 499 g/mol. The fourth-order valence-electron chi connectivity index (χ4n) is 6.33. The van der Waals surface area contributed by atoms with E-state index >= 15 is 0 Å². The molecule has 39 heavy (non-hydrogen) atoms. The minimum Gasteiger partial charge on any atom is -0.456 e. The summed E-state index contributed by atoms with van der Waals surface area (Å²) in [6, 6.07) is 44.7. The molecule has 0 aliphatic carbocycles. The van der Waals surface area contributed by atoms with Gasteiger partial charge >= 0.3 is 0 Å². The average molecular weight is 500 g/mol. The molecule has 0 spiro atoms. The van der Waals surface area contributed by atoms with Crippen molar-refractivity contribution in [3.8, 4) is 16.8 Å². The average Bonchev–Trinajstić information content (AvgIpc) is 3.65. The van der Waals surface area contributed by atoms with Gasteiger partial charge in [0, 0.05) is 37.9 Å². The first-order valence-electron chi connectivity index (χ1n) is 13.2. The lowest BCUT2D eigenvalue weighted by atomic mass is 9.99. The Morgan fingerprint density at radius 1 is 0.410 bits per heavy atom. The van der Waals surface area contributed by atoms with Gasteiger partial charge in [0.1, 0.15) is 22.3 Å². The van der Waals surface area contributed by atoms with E-state index in [0.29, 0.717) is 0 Å². The molecule has 0 saturated carbocycles. The van der Waals surface area contributed by atoms with Crippen molar-refractivity contribution in [3.05, 3.63) is 127 Å². The van der Waals surface area contributed by atoms with Crippen molar-refractivity contribution in [2.45, 2.75) is 0 Å². The number of fused-ring (bicyclic) bond motifs is 10. The number of furan rings is 2. The van der Waals surface area contributed by atoms with E-state index in [4.69, 9.17) is 8.83 Å². The molecule has 0 N–H and O–H groups in total. The van der Waals surface area contributed by atoms with Gasteiger partial charge in [-0.15, -0.1) is 0 Å². The van der Waals surface area contributed by atoms with Crippen molar-refractivity contribution >= 4 is 65.7 Å². The van der Waals surface area contributed by atoms with Crippen LogP contribution in [0.25, 0.3) is 82.5 Å². The van der Waals surface area contributed by atoms with Crippen LogP contribution in [0.1, 0.15) is 0 Å². The van der Waals surface area contributed by atoms with Crippen LogP contribution in [0, 0.1) is 0 Å². The minimum absolute atomic E-state index is 0.863. The third-order valence-corrected chi connectivity index (χ3v) is 8.00. The molecule has 0 unspecified atom stereocenters. The molecule has 6 aromatic carbocycles. The molecule has 3 aromatic heterocycles. The highest BCUT2D eigenvalue weighted by Gasteiger charge is 2.21. The highest BCUT2D eigenvalue weighted by atomic mass is 16.3. The fraction of sp³-hybridized carbons (Fsp3) is 0. The maximum Gasteiger partial charge on any atom is 0.136 e. The van der Waals surface area contributed by atoms with Crippen LogP contribution in [0.15, 0.2) is 136 Å². The summed E-state index contributed by atoms with van der Waals surface area (Å²) in [4.78, 5) is 0. The first-order chi connectivity index (χ1) is 19.3. The third kappa shape index (κ3) is 2.82. The lowest BCUT2D eigenvalue weighted by Crippen LogP contribution is -1.97. The first-order valence-corrected chi connectivity index (χ1v) is 13.2. The summed E-state index contributed by atoms with van der Waals surface area (Å²) in [6.07, 6.45) is 0. The molecule has 0 saturated heterocycles. The van der Waals surface area contributed by atoms with Crippen LogP contribution in [0.3, 0.4) is 0 Å². The highest BCUT2D eigenvalue weighted by Crippen LogP contribution is 2.44. The molecular weight excluding hydrogens is 478 g/mol. The molecule has 3 heterocycles. The largest absolute Gasteiger partial charge is 0.456 e. The number of hydrogen-bond donors (Lipinski definition) is 0. The second kappa shape index (κ2) is 7.62. The van der Waals surface area contributed by atoms with E-state index in [1.165, 1.54) is 21.8 Å². The smallest absolute Gasteiger partial charge is 0.136 e. The van der Waals surface area contributed by atoms with Crippen LogP contribution < -0.4 is 0 Å². The van der Waals surface area contributed by atoms with Crippen LogP contribution in [0.2, 0.25) is 0 Å². The fourth-order valence-corrected chi connectivity index (χ4v) is 6.33. The molecule has 3 heteroatoms. The highest BCUT2D eigenvalue weighted by molar-refractivity contribution is 6.26. The zero-order valence-electron chi connectivity index (χ0n) is 20.9. The van der Waals surface area contributed by atoms with Crippen LogP contribution in [-0.4, -0.2) is 4.57 Å². The summed E-state index contributed by atoms with van der Waals surface area (Å²) in [5.74, 6) is 0. The Bertz CT molecular complexity index is 2330. The summed E-state index contributed by atoms with van der Waals surface area (Å²) in [5, 5.41) is 6.86. The Morgan fingerprint density at radius 3 is 1.69 bits per heavy atom. The molecule has 0 amide bonds. The van der Waals surface area contributed by atoms with Gasteiger partial charge < -0.3 is 13.4 Å². The molecule has 3 nitrogen and oxygen atoms in total. The summed E-state index contributed by atoms with van der Waals surface area (Å²) >= 11 is 0. The molecule has 9 aromatic rings. The Hall–Kier alpha value is -5.28. The second-order valence-electron chi connectivity index (χ2n) is 10.1. The van der Waals surface area contributed by atoms with E-state index in [9.17, 15) is 0 Å². The van der Waals surface area contributed by atoms with Crippen molar-refractivity contribution < 1.29 is 8.83 Å². The molecule has 9 rings (SSSR count). The quantitative estimate of drug-likeness (QED) is 0.237. The summed E-state index contributed by atoms with van der Waals surface area (Å²) in [5.41, 5.74) is 9.25. The summed E-state index contributed by atoms with van der Waals surface area (Å²) in [6.45, 7) is 0. The molecule has 0 bridgehead atoms. The molecule has 0 fully saturated rings. The van der Waals surface area contributed by atoms with E-state index in [1.54, 1.807) is 0 Å². The van der Waals surface area contributed by atoms with E-state index in [0.717, 1.165) is 60.7 Å². The Labute approximate surface area is 223 Å². The zero-order valence-corrected chi connectivity index (χ0v) is 20.9. The summed E-state index contributed by atoms with van der Waals surface area (Å²) < 4.78 is 15.2. The maximum atomic E-state index is 6.54. The zero-order chi connectivity index (χ0) is 25.5. The minimum atomic E-state index is 0.863. The number of benzene rings is 6. The van der Waals surface area contributed by atoms with Gasteiger partial charge in [-0.2, -0.15) is 0 Å². The van der Waals surface area contributed by atoms with E-state index in [1.807, 2.05) is 24.3 Å². The molecule has 0 radical (unpaired) electrons. The SMILES string of the molecule is c1ccc(-c2cc3oc4ccc5oc6ccccc6c5c4c3cc2-n2c3ccccc3c3ccccc32)cc1. The number of nitrogens with zero attached hydrogens (tertiary/aromatic N) is 1. The van der Waals surface area contributed by atoms with Crippen LogP contribution in [-0.2, 0) is 0 Å². The van der Waals surface area contributed by atoms with E-state index in [2.05, 4.69) is 108 Å². The van der Waals surface area contributed by atoms with E-state index in [-0.39, 0.29) is 0 Å². The Kier molecular flexibility index (Phi) is 4.05. The topological polar surface area (TPSA) is 31.2 Å². The van der Waals surface area contributed by atoms with Gasteiger partial charge in [0.15, 0.2) is 0 Å². The van der Waals surface area contributed by atoms with Crippen molar-refractivity contribution in [1.29, 1.82) is 0 Å². The van der Waals surface area contributed by atoms with Crippen molar-refractivity contribution in [1.82, 2.24) is 4.57 Å². The molecule has 0 atom stereocenters. The summed E-state index contributed by atoms with van der Waals surface area (Å²) in [7, 11) is 0. The predicted molar refractivity (Wildman–Crippen MR) is 161 cm³/mol.